The molecule has 3 heterocycles. The molecule has 3 aliphatic heterocycles. The summed E-state index contributed by atoms with van der Waals surface area (Å²) in [6.07, 6.45) is 0. The van der Waals surface area contributed by atoms with Crippen LogP contribution >= 0.6 is 31.9 Å². The minimum atomic E-state index is -4.50. The molecule has 0 N–H and O–H groups in total. The Bertz CT molecular complexity index is 1690. The van der Waals surface area contributed by atoms with Gasteiger partial charge in [-0.25, -0.2) is 0 Å². The number of fused-ring (bicyclic) bond motifs is 9. The van der Waals surface area contributed by atoms with Crippen LogP contribution in [-0.4, -0.2) is 46.2 Å². The molecule has 12 nitrogen and oxygen atoms in total. The zero-order valence-electron chi connectivity index (χ0n) is 24.3. The van der Waals surface area contributed by atoms with Gasteiger partial charge in [0.25, 0.3) is 0 Å². The molecule has 0 radical (unpaired) electrons. The molecule has 0 amide bonds. The maximum Gasteiger partial charge on any atom is 0.812 e. The maximum atomic E-state index is 16.7. The molecule has 4 aromatic carbocycles. The lowest BCUT2D eigenvalue weighted by Crippen LogP contribution is -2.41. The van der Waals surface area contributed by atoms with Gasteiger partial charge in [-0.05, 0) is 31.9 Å². The number of nitrogens with zero attached hydrogens (tertiary/aromatic N) is 6. The van der Waals surface area contributed by atoms with Crippen LogP contribution in [0.3, 0.4) is 0 Å². The first-order chi connectivity index (χ1) is 23.3. The van der Waals surface area contributed by atoms with Crippen LogP contribution in [0.25, 0.3) is 0 Å². The van der Waals surface area contributed by atoms with Crippen LogP contribution in [0.5, 0.6) is 0 Å². The van der Waals surface area contributed by atoms with E-state index in [9.17, 15) is 0 Å². The second-order valence-corrected chi connectivity index (χ2v) is 11.2. The van der Waals surface area contributed by atoms with Crippen molar-refractivity contribution in [3.8, 4) is 0 Å². The van der Waals surface area contributed by atoms with Crippen molar-refractivity contribution in [1.29, 1.82) is 0 Å². The summed E-state index contributed by atoms with van der Waals surface area (Å²) in [4.78, 5) is 0. The Morgan fingerprint density at radius 3 is 0.792 bits per heavy atom. The van der Waals surface area contributed by atoms with Gasteiger partial charge in [0.2, 0.25) is 0 Å². The summed E-state index contributed by atoms with van der Waals surface area (Å²) in [6.45, 7) is 0. The molecule has 0 unspecified atom stereocenters. The van der Waals surface area contributed by atoms with Gasteiger partial charge in [-0.1, -0.05) is 121 Å². The summed E-state index contributed by atoms with van der Waals surface area (Å²) in [7, 11) is -9.01. The summed E-state index contributed by atoms with van der Waals surface area (Å²) in [6, 6.07) is 33.5. The lowest BCUT2D eigenvalue weighted by molar-refractivity contribution is 0.0222. The van der Waals surface area contributed by atoms with Crippen molar-refractivity contribution < 1.29 is 37.2 Å². The third-order valence-electron chi connectivity index (χ3n) is 6.40. The van der Waals surface area contributed by atoms with E-state index in [1.165, 1.54) is 0 Å². The summed E-state index contributed by atoms with van der Waals surface area (Å²) in [5.74, 6) is 0. The molecule has 48 heavy (non-hydrogen) atoms. The first kappa shape index (κ1) is 32.6. The lowest BCUT2D eigenvalue weighted by Gasteiger charge is -2.30. The van der Waals surface area contributed by atoms with Gasteiger partial charge in [-0.15, -0.1) is 30.9 Å². The minimum Gasteiger partial charge on any atom is -0.509 e. The van der Waals surface area contributed by atoms with Crippen LogP contribution in [0.4, 0.5) is 8.63 Å². The number of hydrogen-bond acceptors (Lipinski definition) is 12. The molecule has 0 aliphatic carbocycles. The molecule has 0 saturated heterocycles. The fourth-order valence-corrected chi connectivity index (χ4v) is 4.50. The molecular formula is C30H20B2Br2F2N6O6-2. The van der Waals surface area contributed by atoms with Gasteiger partial charge in [-0.3, -0.25) is 0 Å². The van der Waals surface area contributed by atoms with Crippen molar-refractivity contribution in [2.24, 2.45) is 30.9 Å². The zero-order chi connectivity index (χ0) is 33.4. The summed E-state index contributed by atoms with van der Waals surface area (Å²) in [5.41, 5.74) is 0.840. The van der Waals surface area contributed by atoms with Crippen LogP contribution < -0.4 is 0 Å². The fraction of sp³-hybridized carbons (Fsp3) is 0. The molecule has 0 aromatic heterocycles. The van der Waals surface area contributed by atoms with Gasteiger partial charge in [0.1, 0.15) is 22.8 Å². The van der Waals surface area contributed by atoms with Crippen LogP contribution in [0.2, 0.25) is 0 Å². The van der Waals surface area contributed by atoms with E-state index in [-0.39, 0.29) is 32.1 Å². The van der Waals surface area contributed by atoms with E-state index in [1.54, 1.807) is 121 Å². The zero-order valence-corrected chi connectivity index (χ0v) is 27.5. The Kier molecular flexibility index (Phi) is 9.91. The second kappa shape index (κ2) is 14.6. The fourth-order valence-electron chi connectivity index (χ4n) is 4.19. The highest BCUT2D eigenvalue weighted by Crippen LogP contribution is 2.23. The molecular weight excluding hydrogens is 760 g/mol. The maximum absolute atomic E-state index is 16.7. The SMILES string of the molecule is F[B-]12ON=C(Br)/C(Br)=N/O[B-](F)(O/N=C(c3ccccc3)/C(c3ccccc3)=N/O1)O/N=C(c1ccccc1)/C(c1ccccc1)=N/O2. The predicted molar refractivity (Wildman–Crippen MR) is 185 cm³/mol. The van der Waals surface area contributed by atoms with E-state index in [2.05, 4.69) is 62.8 Å². The van der Waals surface area contributed by atoms with Crippen LogP contribution in [0, 0.1) is 0 Å². The van der Waals surface area contributed by atoms with Crippen LogP contribution in [0.1, 0.15) is 22.3 Å². The second-order valence-electron chi connectivity index (χ2n) is 9.73. The molecule has 18 heteroatoms. The Morgan fingerprint density at radius 2 is 0.562 bits per heavy atom. The molecule has 0 spiro atoms. The summed E-state index contributed by atoms with van der Waals surface area (Å²) in [5, 5.41) is 23.4. The number of hydrogen-bond donors (Lipinski definition) is 0. The van der Waals surface area contributed by atoms with Crippen molar-refractivity contribution in [1.82, 2.24) is 0 Å². The van der Waals surface area contributed by atoms with Gasteiger partial charge in [0.15, 0.2) is 9.24 Å². The summed E-state index contributed by atoms with van der Waals surface area (Å²) < 4.78 is 64.4. The topological polar surface area (TPSA) is 130 Å². The summed E-state index contributed by atoms with van der Waals surface area (Å²) >= 11 is 6.05. The van der Waals surface area contributed by atoms with Crippen LogP contribution in [0.15, 0.2) is 152 Å². The van der Waals surface area contributed by atoms with Crippen molar-refractivity contribution >= 4 is 78.0 Å². The van der Waals surface area contributed by atoms with Crippen molar-refractivity contribution in [2.45, 2.75) is 0 Å². The number of oxime groups is 6. The average molecular weight is 780 g/mol. The quantitative estimate of drug-likeness (QED) is 0.206. The largest absolute Gasteiger partial charge is 0.812 e. The van der Waals surface area contributed by atoms with Gasteiger partial charge in [0.05, 0.1) is 0 Å². The van der Waals surface area contributed by atoms with Crippen molar-refractivity contribution in [3.05, 3.63) is 144 Å². The minimum absolute atomic E-state index is 0.140. The Morgan fingerprint density at radius 1 is 0.354 bits per heavy atom. The highest BCUT2D eigenvalue weighted by atomic mass is 79.9. The lowest BCUT2D eigenvalue weighted by atomic mass is 10.00. The highest BCUT2D eigenvalue weighted by molar-refractivity contribution is 9.24. The Balaban J connectivity index is 1.62. The van der Waals surface area contributed by atoms with Crippen LogP contribution in [-0.2, 0) is 28.5 Å². The Hall–Kier alpha value is -5.35. The third-order valence-corrected chi connectivity index (χ3v) is 7.98. The van der Waals surface area contributed by atoms with Gasteiger partial charge in [-0.2, -0.15) is 0 Å². The first-order valence-electron chi connectivity index (χ1n) is 14.1. The molecule has 242 valence electrons. The molecule has 4 aromatic rings. The predicted octanol–water partition coefficient (Wildman–Crippen LogP) is 6.96. The van der Waals surface area contributed by atoms with E-state index in [4.69, 9.17) is 28.5 Å². The number of rotatable bonds is 4. The van der Waals surface area contributed by atoms with E-state index in [0.717, 1.165) is 0 Å². The molecule has 3 aliphatic rings. The first-order valence-corrected chi connectivity index (χ1v) is 15.6. The van der Waals surface area contributed by atoms with Gasteiger partial charge < -0.3 is 37.2 Å². The Labute approximate surface area is 288 Å². The molecule has 0 atom stereocenters. The number of benzene rings is 4. The van der Waals surface area contributed by atoms with E-state index in [0.29, 0.717) is 22.3 Å². The molecule has 0 saturated carbocycles. The monoisotopic (exact) mass is 778 g/mol. The third kappa shape index (κ3) is 7.78. The van der Waals surface area contributed by atoms with Gasteiger partial charge in [0, 0.05) is 22.3 Å². The normalized spacial score (nSPS) is 27.0. The van der Waals surface area contributed by atoms with E-state index < -0.39 is 14.1 Å². The molecule has 2 bridgehead atoms. The smallest absolute Gasteiger partial charge is 0.509 e. The standard InChI is InChI=1S/C30H20B2Br2F2N6O6/c33-29-30(34)42-48-32(36)44-38-26(22-15-7-2-8-16-22)25(21-13-5-1-6-14-21)37-43-31(35,47-41-29)45-39-27(23-17-9-3-10-18-23)28(40-46-32)24-19-11-4-12-20-24/h1-20H/q-2/b37-25+,38-26+,39-27+,40-28+,41-29-,42-30?. The van der Waals surface area contributed by atoms with Crippen molar-refractivity contribution in [2.75, 3.05) is 0 Å². The van der Waals surface area contributed by atoms with E-state index in [1.807, 2.05) is 0 Å². The molecule has 0 fully saturated rings. The highest BCUT2D eigenvalue weighted by Gasteiger charge is 2.44. The average Bonchev–Trinajstić information content (AvgIpc) is 3.13. The van der Waals surface area contributed by atoms with Gasteiger partial charge >= 0.3 is 14.1 Å². The number of halogens is 4. The van der Waals surface area contributed by atoms with Crippen molar-refractivity contribution in [3.63, 3.8) is 0 Å². The molecule has 7 rings (SSSR count). The van der Waals surface area contributed by atoms with E-state index >= 15 is 8.63 Å².